The molecule has 0 aliphatic carbocycles. The molecule has 10 heavy (non-hydrogen) atoms. The molecule has 0 aromatic rings. The van der Waals surface area contributed by atoms with Crippen molar-refractivity contribution in [3.63, 3.8) is 0 Å². The lowest BCUT2D eigenvalue weighted by molar-refractivity contribution is 0.0464. The van der Waals surface area contributed by atoms with Crippen LogP contribution in [0, 0.1) is 5.92 Å². The summed E-state index contributed by atoms with van der Waals surface area (Å²) in [7, 11) is -2.22. The van der Waals surface area contributed by atoms with E-state index in [-0.39, 0.29) is 5.92 Å². The average molecular weight is 166 g/mol. The van der Waals surface area contributed by atoms with Gasteiger partial charge in [-0.15, -0.1) is 0 Å². The van der Waals surface area contributed by atoms with Crippen LogP contribution in [-0.4, -0.2) is 15.4 Å². The van der Waals surface area contributed by atoms with Gasteiger partial charge in [-0.2, -0.15) is 0 Å². The van der Waals surface area contributed by atoms with E-state index in [9.17, 15) is 0 Å². The van der Waals surface area contributed by atoms with E-state index in [1.165, 1.54) is 0 Å². The van der Waals surface area contributed by atoms with Crippen LogP contribution in [0.25, 0.3) is 0 Å². The van der Waals surface area contributed by atoms with E-state index in [4.69, 9.17) is 14.3 Å². The van der Waals surface area contributed by atoms with Gasteiger partial charge in [0.15, 0.2) is 0 Å². The molecule has 0 spiro atoms. The lowest BCUT2D eigenvalue weighted by Gasteiger charge is -2.28. The van der Waals surface area contributed by atoms with Gasteiger partial charge < -0.3 is 14.3 Å². The quantitative estimate of drug-likeness (QED) is 0.627. The average Bonchev–Trinajstić information content (AvgIpc) is 1.60. The third kappa shape index (κ3) is 3.47. The zero-order valence-electron chi connectivity index (χ0n) is 6.83. The van der Waals surface area contributed by atoms with Crippen molar-refractivity contribution in [3.8, 4) is 0 Å². The van der Waals surface area contributed by atoms with Gasteiger partial charge in [-0.3, -0.25) is 0 Å². The molecule has 0 aromatic carbocycles. The Hall–Kier alpha value is 0.310. The largest absolute Gasteiger partial charge is 0.328 e. The first-order chi connectivity index (χ1) is 4.36. The maximum atomic E-state index is 8.54. The molecule has 0 aliphatic heterocycles. The van der Waals surface area contributed by atoms with Gasteiger partial charge in [0.1, 0.15) is 0 Å². The molecule has 4 heteroatoms. The van der Waals surface area contributed by atoms with Gasteiger partial charge in [0.05, 0.1) is 5.60 Å². The molecule has 0 rings (SSSR count). The molecular formula is C6H15O3P. The summed E-state index contributed by atoms with van der Waals surface area (Å²) in [6, 6.07) is 0. The molecule has 0 bridgehead atoms. The fourth-order valence-electron chi connectivity index (χ4n) is 0.316. The van der Waals surface area contributed by atoms with Crippen LogP contribution in [0.2, 0.25) is 0 Å². The summed E-state index contributed by atoms with van der Waals surface area (Å²) in [4.78, 5) is 17.1. The van der Waals surface area contributed by atoms with Crippen molar-refractivity contribution in [2.45, 2.75) is 33.3 Å². The standard InChI is InChI=1S/C6H15O3P/c1-5(2)6(3,4)9-10(7)8/h5,7-8H,1-4H3. The summed E-state index contributed by atoms with van der Waals surface area (Å²) in [6.45, 7) is 7.61. The highest BCUT2D eigenvalue weighted by Gasteiger charge is 2.26. The first kappa shape index (κ1) is 10.3. The predicted molar refractivity (Wildman–Crippen MR) is 41.4 cm³/mol. The summed E-state index contributed by atoms with van der Waals surface area (Å²) in [6.07, 6.45) is 0. The second kappa shape index (κ2) is 3.63. The molecule has 0 amide bonds. The molecule has 2 N–H and O–H groups in total. The van der Waals surface area contributed by atoms with Crippen LogP contribution in [0.5, 0.6) is 0 Å². The normalized spacial score (nSPS) is 13.2. The summed E-state index contributed by atoms with van der Waals surface area (Å²) in [5, 5.41) is 0. The van der Waals surface area contributed by atoms with Crippen LogP contribution in [0.4, 0.5) is 0 Å². The number of rotatable bonds is 3. The van der Waals surface area contributed by atoms with Gasteiger partial charge >= 0.3 is 8.60 Å². The maximum Gasteiger partial charge on any atom is 0.327 e. The highest BCUT2D eigenvalue weighted by atomic mass is 31.2. The summed E-state index contributed by atoms with van der Waals surface area (Å²) >= 11 is 0. The molecule has 0 atom stereocenters. The summed E-state index contributed by atoms with van der Waals surface area (Å²) in [5.74, 6) is 0.275. The van der Waals surface area contributed by atoms with Crippen molar-refractivity contribution < 1.29 is 14.3 Å². The Morgan fingerprint density at radius 3 is 1.80 bits per heavy atom. The second-order valence-electron chi connectivity index (χ2n) is 3.10. The summed E-state index contributed by atoms with van der Waals surface area (Å²) < 4.78 is 4.88. The molecule has 0 unspecified atom stereocenters. The van der Waals surface area contributed by atoms with Crippen LogP contribution in [0.1, 0.15) is 27.7 Å². The van der Waals surface area contributed by atoms with E-state index in [1.807, 2.05) is 27.7 Å². The van der Waals surface area contributed by atoms with Gasteiger partial charge in [0.2, 0.25) is 0 Å². The first-order valence-corrected chi connectivity index (χ1v) is 4.40. The minimum absolute atomic E-state index is 0.275. The Morgan fingerprint density at radius 1 is 1.30 bits per heavy atom. The molecule has 0 aromatic heterocycles. The molecule has 3 nitrogen and oxygen atoms in total. The van der Waals surface area contributed by atoms with Gasteiger partial charge in [-0.1, -0.05) is 13.8 Å². The second-order valence-corrected chi connectivity index (χ2v) is 3.79. The third-order valence-electron chi connectivity index (χ3n) is 1.71. The highest BCUT2D eigenvalue weighted by molar-refractivity contribution is 7.39. The molecule has 0 aliphatic rings. The van der Waals surface area contributed by atoms with Gasteiger partial charge in [0, 0.05) is 0 Å². The van der Waals surface area contributed by atoms with E-state index in [1.54, 1.807) is 0 Å². The summed E-state index contributed by atoms with van der Waals surface area (Å²) in [5.41, 5.74) is -0.449. The monoisotopic (exact) mass is 166 g/mol. The Bertz CT molecular complexity index is 101. The minimum Gasteiger partial charge on any atom is -0.328 e. The molecule has 0 fully saturated rings. The smallest absolute Gasteiger partial charge is 0.327 e. The molecule has 0 saturated heterocycles. The number of hydrogen-bond donors (Lipinski definition) is 2. The van der Waals surface area contributed by atoms with E-state index in [0.29, 0.717) is 0 Å². The fraction of sp³-hybridized carbons (Fsp3) is 1.00. The van der Waals surface area contributed by atoms with Crippen LogP contribution in [0.15, 0.2) is 0 Å². The van der Waals surface area contributed by atoms with Crippen molar-refractivity contribution >= 4 is 8.60 Å². The Kier molecular flexibility index (Phi) is 3.74. The SMILES string of the molecule is CC(C)C(C)(C)OP(O)O. The highest BCUT2D eigenvalue weighted by Crippen LogP contribution is 2.35. The lowest BCUT2D eigenvalue weighted by Crippen LogP contribution is -2.28. The van der Waals surface area contributed by atoms with Crippen LogP contribution < -0.4 is 0 Å². The van der Waals surface area contributed by atoms with Crippen LogP contribution >= 0.6 is 8.60 Å². The van der Waals surface area contributed by atoms with Crippen molar-refractivity contribution in [2.75, 3.05) is 0 Å². The molecule has 62 valence electrons. The molecule has 0 heterocycles. The molecular weight excluding hydrogens is 151 g/mol. The maximum absolute atomic E-state index is 8.54. The van der Waals surface area contributed by atoms with Crippen molar-refractivity contribution in [2.24, 2.45) is 5.92 Å². The van der Waals surface area contributed by atoms with E-state index < -0.39 is 14.2 Å². The first-order valence-electron chi connectivity index (χ1n) is 3.23. The van der Waals surface area contributed by atoms with Crippen LogP contribution in [0.3, 0.4) is 0 Å². The lowest BCUT2D eigenvalue weighted by atomic mass is 9.95. The van der Waals surface area contributed by atoms with Gasteiger partial charge in [0.25, 0.3) is 0 Å². The third-order valence-corrected chi connectivity index (χ3v) is 2.34. The minimum atomic E-state index is -2.22. The van der Waals surface area contributed by atoms with Gasteiger partial charge in [-0.05, 0) is 19.8 Å². The van der Waals surface area contributed by atoms with E-state index in [0.717, 1.165) is 0 Å². The molecule has 0 radical (unpaired) electrons. The van der Waals surface area contributed by atoms with Crippen molar-refractivity contribution in [3.05, 3.63) is 0 Å². The zero-order valence-corrected chi connectivity index (χ0v) is 7.72. The zero-order chi connectivity index (χ0) is 8.36. The fourth-order valence-corrected chi connectivity index (χ4v) is 0.948. The van der Waals surface area contributed by atoms with Crippen molar-refractivity contribution in [1.29, 1.82) is 0 Å². The predicted octanol–water partition coefficient (Wildman–Crippen LogP) is 1.65. The Balaban J connectivity index is 3.87. The van der Waals surface area contributed by atoms with E-state index in [2.05, 4.69) is 0 Å². The number of hydrogen-bond acceptors (Lipinski definition) is 3. The Morgan fingerprint density at radius 2 is 1.70 bits per heavy atom. The van der Waals surface area contributed by atoms with E-state index >= 15 is 0 Å². The van der Waals surface area contributed by atoms with Crippen molar-refractivity contribution in [1.82, 2.24) is 0 Å². The van der Waals surface area contributed by atoms with Crippen LogP contribution in [-0.2, 0) is 4.52 Å². The Labute approximate surface area is 63.0 Å². The topological polar surface area (TPSA) is 49.7 Å². The molecule has 0 saturated carbocycles. The van der Waals surface area contributed by atoms with Gasteiger partial charge in [-0.25, -0.2) is 0 Å².